The highest BCUT2D eigenvalue weighted by Crippen LogP contribution is 2.10. The van der Waals surface area contributed by atoms with Gasteiger partial charge in [-0.3, -0.25) is 9.78 Å². The number of nitrogens with two attached hydrogens (primary N) is 1. The molecule has 0 bridgehead atoms. The van der Waals surface area contributed by atoms with Gasteiger partial charge in [0.2, 0.25) is 0 Å². The van der Waals surface area contributed by atoms with Crippen molar-refractivity contribution >= 4 is 11.8 Å². The van der Waals surface area contributed by atoms with Gasteiger partial charge in [-0.25, -0.2) is 4.98 Å². The molecule has 24 heavy (non-hydrogen) atoms. The maximum absolute atomic E-state index is 11.3. The van der Waals surface area contributed by atoms with Crippen molar-refractivity contribution in [1.29, 1.82) is 0 Å². The molecule has 0 spiro atoms. The molecule has 2 heterocycles. The highest BCUT2D eigenvalue weighted by molar-refractivity contribution is 5.75. The van der Waals surface area contributed by atoms with Crippen LogP contribution in [0.1, 0.15) is 23.4 Å². The standard InChI is InChI=1S/C18H24N4O2/c1-20-17-8-4-7-14(22-17)6-3-5-13-9-10-15(21-12-13)11-16(19)18(23)24-2/h4,7-10,12,16H,3,5-6,11,19H2,1-2H3,(H,20,22). The minimum atomic E-state index is -0.668. The van der Waals surface area contributed by atoms with E-state index in [1.54, 1.807) is 0 Å². The lowest BCUT2D eigenvalue weighted by molar-refractivity contribution is -0.142. The van der Waals surface area contributed by atoms with E-state index in [4.69, 9.17) is 5.73 Å². The van der Waals surface area contributed by atoms with Gasteiger partial charge in [0.05, 0.1) is 7.11 Å². The highest BCUT2D eigenvalue weighted by atomic mass is 16.5. The van der Waals surface area contributed by atoms with Crippen molar-refractivity contribution in [3.8, 4) is 0 Å². The van der Waals surface area contributed by atoms with Crippen molar-refractivity contribution in [3.63, 3.8) is 0 Å². The highest BCUT2D eigenvalue weighted by Gasteiger charge is 2.14. The molecule has 3 N–H and O–H groups in total. The molecule has 2 aromatic rings. The molecule has 0 radical (unpaired) electrons. The van der Waals surface area contributed by atoms with Crippen LogP contribution in [-0.4, -0.2) is 36.1 Å². The fraction of sp³-hybridized carbons (Fsp3) is 0.389. The van der Waals surface area contributed by atoms with Crippen LogP contribution in [0.5, 0.6) is 0 Å². The van der Waals surface area contributed by atoms with Gasteiger partial charge in [-0.15, -0.1) is 0 Å². The molecule has 0 aliphatic heterocycles. The first-order valence-electron chi connectivity index (χ1n) is 8.03. The van der Waals surface area contributed by atoms with E-state index < -0.39 is 12.0 Å². The number of carbonyl (C=O) groups is 1. The number of hydrogen-bond acceptors (Lipinski definition) is 6. The van der Waals surface area contributed by atoms with Crippen LogP contribution < -0.4 is 11.1 Å². The van der Waals surface area contributed by atoms with E-state index in [0.29, 0.717) is 6.42 Å². The quantitative estimate of drug-likeness (QED) is 0.717. The Labute approximate surface area is 142 Å². The molecule has 2 rings (SSSR count). The fourth-order valence-corrected chi connectivity index (χ4v) is 2.42. The van der Waals surface area contributed by atoms with Gasteiger partial charge >= 0.3 is 5.97 Å². The second kappa shape index (κ2) is 8.98. The zero-order valence-electron chi connectivity index (χ0n) is 14.2. The summed E-state index contributed by atoms with van der Waals surface area (Å²) in [4.78, 5) is 20.2. The van der Waals surface area contributed by atoms with Gasteiger partial charge < -0.3 is 15.8 Å². The molecular weight excluding hydrogens is 304 g/mol. The molecule has 0 saturated carbocycles. The van der Waals surface area contributed by atoms with E-state index in [9.17, 15) is 4.79 Å². The summed E-state index contributed by atoms with van der Waals surface area (Å²) in [7, 11) is 3.20. The van der Waals surface area contributed by atoms with Crippen molar-refractivity contribution in [2.24, 2.45) is 5.73 Å². The molecule has 1 unspecified atom stereocenters. The number of rotatable bonds is 8. The van der Waals surface area contributed by atoms with E-state index in [0.717, 1.165) is 42.0 Å². The van der Waals surface area contributed by atoms with Crippen LogP contribution in [0.2, 0.25) is 0 Å². The number of ether oxygens (including phenoxy) is 1. The Hall–Kier alpha value is -2.47. The Morgan fingerprint density at radius 2 is 2.08 bits per heavy atom. The number of aromatic nitrogens is 2. The lowest BCUT2D eigenvalue weighted by Crippen LogP contribution is -2.33. The van der Waals surface area contributed by atoms with Crippen molar-refractivity contribution in [3.05, 3.63) is 53.5 Å². The summed E-state index contributed by atoms with van der Waals surface area (Å²) in [5, 5.41) is 3.05. The molecule has 0 saturated heterocycles. The SMILES string of the molecule is CNc1cccc(CCCc2ccc(CC(N)C(=O)OC)nc2)n1. The third-order valence-corrected chi connectivity index (χ3v) is 3.78. The van der Waals surface area contributed by atoms with Gasteiger partial charge in [0, 0.05) is 31.1 Å². The molecular formula is C18H24N4O2. The van der Waals surface area contributed by atoms with E-state index >= 15 is 0 Å². The molecule has 128 valence electrons. The summed E-state index contributed by atoms with van der Waals surface area (Å²) in [5.74, 6) is 0.470. The number of aryl methyl sites for hydroxylation is 2. The van der Waals surface area contributed by atoms with Crippen LogP contribution in [-0.2, 0) is 28.8 Å². The predicted molar refractivity (Wildman–Crippen MR) is 93.7 cm³/mol. The zero-order chi connectivity index (χ0) is 17.4. The molecule has 2 aromatic heterocycles. The van der Waals surface area contributed by atoms with Crippen LogP contribution in [0.4, 0.5) is 5.82 Å². The maximum atomic E-state index is 11.3. The summed E-state index contributed by atoms with van der Waals surface area (Å²) >= 11 is 0. The lowest BCUT2D eigenvalue weighted by atomic mass is 10.1. The van der Waals surface area contributed by atoms with Crippen molar-refractivity contribution in [1.82, 2.24) is 9.97 Å². The van der Waals surface area contributed by atoms with Crippen LogP contribution in [0, 0.1) is 0 Å². The Kier molecular flexibility index (Phi) is 6.69. The number of nitrogens with zero attached hydrogens (tertiary/aromatic N) is 2. The first-order chi connectivity index (χ1) is 11.6. The summed E-state index contributed by atoms with van der Waals surface area (Å²) in [6.45, 7) is 0. The van der Waals surface area contributed by atoms with Crippen LogP contribution in [0.25, 0.3) is 0 Å². The van der Waals surface area contributed by atoms with Crippen LogP contribution in [0.3, 0.4) is 0 Å². The number of methoxy groups -OCH3 is 1. The Bertz CT molecular complexity index is 658. The van der Waals surface area contributed by atoms with Crippen LogP contribution in [0.15, 0.2) is 36.5 Å². The smallest absolute Gasteiger partial charge is 0.323 e. The summed E-state index contributed by atoms with van der Waals surface area (Å²) in [6, 6.07) is 9.28. The summed E-state index contributed by atoms with van der Waals surface area (Å²) in [5.41, 5.74) is 8.77. The number of nitrogens with one attached hydrogen (secondary N) is 1. The number of anilines is 1. The molecule has 1 atom stereocenters. The van der Waals surface area contributed by atoms with Gasteiger partial charge in [0.15, 0.2) is 0 Å². The maximum Gasteiger partial charge on any atom is 0.323 e. The fourth-order valence-electron chi connectivity index (χ4n) is 2.42. The van der Waals surface area contributed by atoms with Gasteiger partial charge in [-0.05, 0) is 43.0 Å². The van der Waals surface area contributed by atoms with Crippen molar-refractivity contribution < 1.29 is 9.53 Å². The Morgan fingerprint density at radius 1 is 1.25 bits per heavy atom. The number of esters is 1. The van der Waals surface area contributed by atoms with E-state index in [2.05, 4.69) is 20.0 Å². The second-order valence-electron chi connectivity index (χ2n) is 5.61. The molecule has 0 aromatic carbocycles. The molecule has 6 nitrogen and oxygen atoms in total. The van der Waals surface area contributed by atoms with Gasteiger partial charge in [0.1, 0.15) is 11.9 Å². The molecule has 0 aliphatic carbocycles. The Balaban J connectivity index is 1.82. The minimum Gasteiger partial charge on any atom is -0.468 e. The minimum absolute atomic E-state index is 0.383. The number of pyridine rings is 2. The molecule has 0 aliphatic rings. The van der Waals surface area contributed by atoms with Gasteiger partial charge in [0.25, 0.3) is 0 Å². The van der Waals surface area contributed by atoms with Crippen LogP contribution >= 0.6 is 0 Å². The number of hydrogen-bond donors (Lipinski definition) is 2. The first-order valence-corrected chi connectivity index (χ1v) is 8.03. The Morgan fingerprint density at radius 3 is 2.75 bits per heavy atom. The average Bonchev–Trinajstić information content (AvgIpc) is 2.62. The summed E-state index contributed by atoms with van der Waals surface area (Å²) in [6.07, 6.45) is 5.08. The zero-order valence-corrected chi connectivity index (χ0v) is 14.2. The van der Waals surface area contributed by atoms with E-state index in [1.807, 2.05) is 43.6 Å². The average molecular weight is 328 g/mol. The number of carbonyl (C=O) groups excluding carboxylic acids is 1. The van der Waals surface area contributed by atoms with E-state index in [1.165, 1.54) is 7.11 Å². The normalized spacial score (nSPS) is 11.8. The topological polar surface area (TPSA) is 90.1 Å². The van der Waals surface area contributed by atoms with Gasteiger partial charge in [-0.2, -0.15) is 0 Å². The third kappa shape index (κ3) is 5.31. The molecule has 0 fully saturated rings. The largest absolute Gasteiger partial charge is 0.468 e. The predicted octanol–water partition coefficient (Wildman–Crippen LogP) is 1.74. The van der Waals surface area contributed by atoms with Crippen molar-refractivity contribution in [2.45, 2.75) is 31.7 Å². The third-order valence-electron chi connectivity index (χ3n) is 3.78. The van der Waals surface area contributed by atoms with Crippen molar-refractivity contribution in [2.75, 3.05) is 19.5 Å². The second-order valence-corrected chi connectivity index (χ2v) is 5.61. The van der Waals surface area contributed by atoms with E-state index in [-0.39, 0.29) is 0 Å². The van der Waals surface area contributed by atoms with Gasteiger partial charge in [-0.1, -0.05) is 12.1 Å². The lowest BCUT2D eigenvalue weighted by Gasteiger charge is -2.09. The molecule has 0 amide bonds. The molecule has 6 heteroatoms. The first kappa shape index (κ1) is 17.9. The summed E-state index contributed by atoms with van der Waals surface area (Å²) < 4.78 is 4.62. The monoisotopic (exact) mass is 328 g/mol.